The van der Waals surface area contributed by atoms with Crippen molar-refractivity contribution in [2.75, 3.05) is 25.0 Å². The van der Waals surface area contributed by atoms with E-state index in [0.29, 0.717) is 6.54 Å². The van der Waals surface area contributed by atoms with Gasteiger partial charge in [-0.05, 0) is 58.2 Å². The lowest BCUT2D eigenvalue weighted by molar-refractivity contribution is 0.222. The number of rotatable bonds is 4. The van der Waals surface area contributed by atoms with E-state index in [4.69, 9.17) is 0 Å². The van der Waals surface area contributed by atoms with Crippen molar-refractivity contribution in [1.29, 1.82) is 0 Å². The van der Waals surface area contributed by atoms with Gasteiger partial charge in [0.15, 0.2) is 5.96 Å². The van der Waals surface area contributed by atoms with Crippen LogP contribution in [-0.4, -0.2) is 42.1 Å². The number of nitrogens with one attached hydrogen (secondary N) is 3. The molecule has 1 aliphatic rings. The molecule has 25 heavy (non-hydrogen) atoms. The highest BCUT2D eigenvalue weighted by Gasteiger charge is 2.17. The summed E-state index contributed by atoms with van der Waals surface area (Å²) < 4.78 is 0. The van der Waals surface area contributed by atoms with E-state index in [1.165, 1.54) is 0 Å². The van der Waals surface area contributed by atoms with Gasteiger partial charge in [0.05, 0.1) is 6.54 Å². The molecule has 1 aromatic carbocycles. The Hall–Kier alpha value is -2.24. The Balaban J connectivity index is 1.99. The van der Waals surface area contributed by atoms with Crippen LogP contribution >= 0.6 is 0 Å². The lowest BCUT2D eigenvalue weighted by atomic mass is 10.1. The molecule has 3 N–H and O–H groups in total. The Kier molecular flexibility index (Phi) is 6.67. The van der Waals surface area contributed by atoms with Crippen LogP contribution in [0.5, 0.6) is 0 Å². The Morgan fingerprint density at radius 2 is 1.96 bits per heavy atom. The first kappa shape index (κ1) is 19.1. The fourth-order valence-corrected chi connectivity index (χ4v) is 2.70. The van der Waals surface area contributed by atoms with Gasteiger partial charge < -0.3 is 20.9 Å². The summed E-state index contributed by atoms with van der Waals surface area (Å²) in [7, 11) is 0. The van der Waals surface area contributed by atoms with Crippen LogP contribution in [-0.2, 0) is 6.54 Å². The monoisotopic (exact) mass is 345 g/mol. The number of urea groups is 1. The van der Waals surface area contributed by atoms with E-state index in [2.05, 4.69) is 41.7 Å². The van der Waals surface area contributed by atoms with E-state index in [-0.39, 0.29) is 11.6 Å². The van der Waals surface area contributed by atoms with E-state index in [1.54, 1.807) is 0 Å². The van der Waals surface area contributed by atoms with Crippen molar-refractivity contribution in [3.05, 3.63) is 29.8 Å². The number of amides is 2. The van der Waals surface area contributed by atoms with Gasteiger partial charge in [0.1, 0.15) is 0 Å². The number of benzene rings is 1. The van der Waals surface area contributed by atoms with Crippen molar-refractivity contribution < 1.29 is 4.79 Å². The number of likely N-dealkylation sites (tertiary alicyclic amines) is 1. The van der Waals surface area contributed by atoms with Crippen LogP contribution in [0.3, 0.4) is 0 Å². The average Bonchev–Trinajstić information content (AvgIpc) is 3.06. The Bertz CT molecular complexity index is 600. The minimum absolute atomic E-state index is 0.0131. The molecule has 6 heteroatoms. The quantitative estimate of drug-likeness (QED) is 0.580. The zero-order chi connectivity index (χ0) is 18.3. The molecule has 0 bridgehead atoms. The van der Waals surface area contributed by atoms with E-state index >= 15 is 0 Å². The van der Waals surface area contributed by atoms with Gasteiger partial charge in [-0.2, -0.15) is 0 Å². The summed E-state index contributed by atoms with van der Waals surface area (Å²) in [5.41, 5.74) is 1.83. The molecule has 0 aliphatic carbocycles. The molecule has 1 saturated heterocycles. The van der Waals surface area contributed by atoms with Gasteiger partial charge in [-0.3, -0.25) is 0 Å². The highest BCUT2D eigenvalue weighted by atomic mass is 16.2. The summed E-state index contributed by atoms with van der Waals surface area (Å²) in [5, 5.41) is 9.61. The number of carbonyl (C=O) groups is 1. The van der Waals surface area contributed by atoms with Crippen LogP contribution in [0.25, 0.3) is 0 Å². The number of anilines is 1. The Labute approximate surface area is 151 Å². The molecule has 0 atom stereocenters. The van der Waals surface area contributed by atoms with E-state index in [1.807, 2.05) is 36.1 Å². The topological polar surface area (TPSA) is 68.8 Å². The van der Waals surface area contributed by atoms with Crippen molar-refractivity contribution in [3.63, 3.8) is 0 Å². The molecule has 1 aliphatic heterocycles. The van der Waals surface area contributed by atoms with Gasteiger partial charge in [0.25, 0.3) is 0 Å². The highest BCUT2D eigenvalue weighted by Crippen LogP contribution is 2.14. The van der Waals surface area contributed by atoms with Crippen molar-refractivity contribution in [2.24, 2.45) is 4.99 Å². The molecule has 1 fully saturated rings. The van der Waals surface area contributed by atoms with Crippen molar-refractivity contribution in [1.82, 2.24) is 15.5 Å². The molecular weight excluding hydrogens is 314 g/mol. The first-order valence-corrected chi connectivity index (χ1v) is 9.09. The van der Waals surface area contributed by atoms with Crippen LogP contribution in [0.4, 0.5) is 10.5 Å². The molecule has 2 rings (SSSR count). The maximum Gasteiger partial charge on any atom is 0.321 e. The third kappa shape index (κ3) is 6.64. The molecule has 0 unspecified atom stereocenters. The van der Waals surface area contributed by atoms with Gasteiger partial charge >= 0.3 is 6.03 Å². The summed E-state index contributed by atoms with van der Waals surface area (Å²) in [6, 6.07) is 7.86. The second-order valence-electron chi connectivity index (χ2n) is 7.39. The predicted octanol–water partition coefficient (Wildman–Crippen LogP) is 3.17. The van der Waals surface area contributed by atoms with Crippen LogP contribution in [0, 0.1) is 0 Å². The molecule has 0 saturated carbocycles. The van der Waals surface area contributed by atoms with Crippen LogP contribution in [0.15, 0.2) is 29.3 Å². The van der Waals surface area contributed by atoms with E-state index < -0.39 is 0 Å². The van der Waals surface area contributed by atoms with E-state index in [9.17, 15) is 4.79 Å². The van der Waals surface area contributed by atoms with Gasteiger partial charge in [0, 0.05) is 30.9 Å². The second-order valence-corrected chi connectivity index (χ2v) is 7.39. The number of aliphatic imine (C=N–C) groups is 1. The largest absolute Gasteiger partial charge is 0.357 e. The number of carbonyl (C=O) groups excluding carboxylic acids is 1. The standard InChI is InChI=1S/C19H31N5O/c1-5-20-17(23-19(2,3)4)21-14-15-9-8-10-16(13-15)22-18(25)24-11-6-7-12-24/h8-10,13H,5-7,11-12,14H2,1-4H3,(H,22,25)(H2,20,21,23). The minimum atomic E-state index is -0.0491. The van der Waals surface area contributed by atoms with Gasteiger partial charge in [0.2, 0.25) is 0 Å². The Morgan fingerprint density at radius 3 is 2.60 bits per heavy atom. The number of guanidine groups is 1. The molecule has 6 nitrogen and oxygen atoms in total. The Morgan fingerprint density at radius 1 is 1.24 bits per heavy atom. The van der Waals surface area contributed by atoms with E-state index in [0.717, 1.165) is 49.7 Å². The third-order valence-corrected chi connectivity index (χ3v) is 3.83. The molecule has 0 aromatic heterocycles. The molecule has 0 radical (unpaired) electrons. The fourth-order valence-electron chi connectivity index (χ4n) is 2.70. The average molecular weight is 345 g/mol. The smallest absolute Gasteiger partial charge is 0.321 e. The lowest BCUT2D eigenvalue weighted by Crippen LogP contribution is -2.47. The number of nitrogens with zero attached hydrogens (tertiary/aromatic N) is 2. The highest BCUT2D eigenvalue weighted by molar-refractivity contribution is 5.89. The zero-order valence-corrected chi connectivity index (χ0v) is 15.9. The third-order valence-electron chi connectivity index (χ3n) is 3.83. The SMILES string of the molecule is CCNC(=NCc1cccc(NC(=O)N2CCCC2)c1)NC(C)(C)C. The number of hydrogen-bond donors (Lipinski definition) is 3. The molecule has 0 spiro atoms. The molecule has 2 amide bonds. The zero-order valence-electron chi connectivity index (χ0n) is 15.9. The van der Waals surface area contributed by atoms with Crippen molar-refractivity contribution in [3.8, 4) is 0 Å². The van der Waals surface area contributed by atoms with Crippen LogP contribution < -0.4 is 16.0 Å². The second kappa shape index (κ2) is 8.74. The van der Waals surface area contributed by atoms with Crippen LogP contribution in [0.2, 0.25) is 0 Å². The maximum atomic E-state index is 12.2. The normalized spacial score (nSPS) is 15.2. The van der Waals surface area contributed by atoms with Gasteiger partial charge in [-0.1, -0.05) is 12.1 Å². The minimum Gasteiger partial charge on any atom is -0.357 e. The molecule has 138 valence electrons. The first-order chi connectivity index (χ1) is 11.9. The van der Waals surface area contributed by atoms with Crippen LogP contribution in [0.1, 0.15) is 46.1 Å². The maximum absolute atomic E-state index is 12.2. The molecule has 1 aromatic rings. The summed E-state index contributed by atoms with van der Waals surface area (Å²) >= 11 is 0. The first-order valence-electron chi connectivity index (χ1n) is 9.09. The van der Waals surface area contributed by atoms with Crippen molar-refractivity contribution in [2.45, 2.75) is 52.6 Å². The predicted molar refractivity (Wildman–Crippen MR) is 104 cm³/mol. The van der Waals surface area contributed by atoms with Gasteiger partial charge in [-0.25, -0.2) is 9.79 Å². The van der Waals surface area contributed by atoms with Crippen molar-refractivity contribution >= 4 is 17.7 Å². The summed E-state index contributed by atoms with van der Waals surface area (Å²) in [6.07, 6.45) is 2.19. The van der Waals surface area contributed by atoms with Gasteiger partial charge in [-0.15, -0.1) is 0 Å². The summed E-state index contributed by atoms with van der Waals surface area (Å²) in [4.78, 5) is 18.7. The lowest BCUT2D eigenvalue weighted by Gasteiger charge is -2.23. The summed E-state index contributed by atoms with van der Waals surface area (Å²) in [5.74, 6) is 0.793. The molecule has 1 heterocycles. The number of hydrogen-bond acceptors (Lipinski definition) is 2. The fraction of sp³-hybridized carbons (Fsp3) is 0.579. The molecular formula is C19H31N5O. The summed E-state index contributed by atoms with van der Waals surface area (Å²) in [6.45, 7) is 11.4.